The third kappa shape index (κ3) is 3.40. The maximum absolute atomic E-state index is 11.8. The Morgan fingerprint density at radius 3 is 2.78 bits per heavy atom. The number of nitrogens with two attached hydrogens (primary N) is 1. The molecule has 0 bridgehead atoms. The van der Waals surface area contributed by atoms with Gasteiger partial charge in [-0.25, -0.2) is 0 Å². The Bertz CT molecular complexity index is 834. The summed E-state index contributed by atoms with van der Waals surface area (Å²) in [5.41, 5.74) is 7.62. The number of aromatic nitrogens is 6. The first-order valence-electron chi connectivity index (χ1n) is 6.68. The third-order valence-corrected chi connectivity index (χ3v) is 3.06. The number of nitrogen functional groups attached to an aromatic ring is 1. The largest absolute Gasteiger partial charge is 0.505 e. The number of rotatable bonds is 5. The highest BCUT2D eigenvalue weighted by Gasteiger charge is 2.12. The monoisotopic (exact) mass is 311 g/mol. The van der Waals surface area contributed by atoms with Gasteiger partial charge in [-0.15, -0.1) is 10.2 Å². The summed E-state index contributed by atoms with van der Waals surface area (Å²) < 4.78 is 1.64. The Morgan fingerprint density at radius 2 is 2.09 bits per heavy atom. The van der Waals surface area contributed by atoms with Gasteiger partial charge in [-0.3, -0.25) is 9.48 Å². The van der Waals surface area contributed by atoms with Gasteiger partial charge < -0.3 is 10.8 Å². The fraction of sp³-hybridized carbons (Fsp3) is 0.0714. The molecule has 0 atom stereocenters. The van der Waals surface area contributed by atoms with Crippen LogP contribution in [0.5, 0.6) is 0 Å². The van der Waals surface area contributed by atoms with Crippen LogP contribution in [0.3, 0.4) is 0 Å². The second-order valence-electron chi connectivity index (χ2n) is 4.77. The van der Waals surface area contributed by atoms with Gasteiger partial charge in [0.1, 0.15) is 11.5 Å². The molecule has 0 aliphatic carbocycles. The molecule has 2 aromatic heterocycles. The van der Waals surface area contributed by atoms with Gasteiger partial charge in [0.15, 0.2) is 0 Å². The molecule has 3 aromatic rings. The SMILES string of the molecule is Nc1ccc(Cn2ccc(C(O)=CC(=O)c3nn[nH]n3)n2)cc1. The summed E-state index contributed by atoms with van der Waals surface area (Å²) in [6.07, 6.45) is 2.70. The van der Waals surface area contributed by atoms with Crippen molar-refractivity contribution < 1.29 is 9.90 Å². The molecule has 0 amide bonds. The van der Waals surface area contributed by atoms with Crippen molar-refractivity contribution in [1.82, 2.24) is 30.4 Å². The highest BCUT2D eigenvalue weighted by molar-refractivity contribution is 6.04. The van der Waals surface area contributed by atoms with Crippen molar-refractivity contribution in [2.45, 2.75) is 6.54 Å². The molecule has 0 aliphatic heterocycles. The van der Waals surface area contributed by atoms with Gasteiger partial charge in [-0.1, -0.05) is 12.1 Å². The topological polar surface area (TPSA) is 136 Å². The minimum atomic E-state index is -0.565. The van der Waals surface area contributed by atoms with Gasteiger partial charge >= 0.3 is 0 Å². The van der Waals surface area contributed by atoms with Crippen LogP contribution in [0.4, 0.5) is 5.69 Å². The fourth-order valence-electron chi connectivity index (χ4n) is 1.93. The number of nitrogens with zero attached hydrogens (tertiary/aromatic N) is 5. The molecule has 4 N–H and O–H groups in total. The second-order valence-corrected chi connectivity index (χ2v) is 4.77. The van der Waals surface area contributed by atoms with E-state index in [0.717, 1.165) is 11.6 Å². The van der Waals surface area contributed by atoms with Crippen molar-refractivity contribution in [3.8, 4) is 0 Å². The third-order valence-electron chi connectivity index (χ3n) is 3.06. The molecule has 0 aliphatic rings. The molecule has 0 radical (unpaired) electrons. The number of carbonyl (C=O) groups excluding carboxylic acids is 1. The van der Waals surface area contributed by atoms with Gasteiger partial charge in [0, 0.05) is 18.0 Å². The maximum atomic E-state index is 11.8. The zero-order chi connectivity index (χ0) is 16.2. The number of aromatic amines is 1. The number of nitrogens with one attached hydrogen (secondary N) is 1. The Kier molecular flexibility index (Phi) is 3.83. The van der Waals surface area contributed by atoms with Crippen molar-refractivity contribution in [2.24, 2.45) is 0 Å². The van der Waals surface area contributed by atoms with Crippen molar-refractivity contribution >= 4 is 17.2 Å². The van der Waals surface area contributed by atoms with Crippen LogP contribution >= 0.6 is 0 Å². The van der Waals surface area contributed by atoms with Crippen molar-refractivity contribution in [3.05, 3.63) is 59.7 Å². The van der Waals surface area contributed by atoms with E-state index in [2.05, 4.69) is 25.7 Å². The predicted octanol–water partition coefficient (Wildman–Crippen LogP) is 0.808. The molecule has 0 fully saturated rings. The summed E-state index contributed by atoms with van der Waals surface area (Å²) in [5, 5.41) is 26.7. The van der Waals surface area contributed by atoms with E-state index in [1.807, 2.05) is 12.1 Å². The van der Waals surface area contributed by atoms with E-state index < -0.39 is 5.78 Å². The number of benzene rings is 1. The number of tetrazole rings is 1. The van der Waals surface area contributed by atoms with Crippen molar-refractivity contribution in [3.63, 3.8) is 0 Å². The molecule has 9 heteroatoms. The molecular weight excluding hydrogens is 298 g/mol. The van der Waals surface area contributed by atoms with E-state index in [0.29, 0.717) is 12.2 Å². The van der Waals surface area contributed by atoms with Crippen molar-refractivity contribution in [2.75, 3.05) is 5.73 Å². The van der Waals surface area contributed by atoms with E-state index in [1.165, 1.54) is 0 Å². The minimum Gasteiger partial charge on any atom is -0.505 e. The lowest BCUT2D eigenvalue weighted by Crippen LogP contribution is -2.02. The van der Waals surface area contributed by atoms with E-state index in [9.17, 15) is 9.90 Å². The van der Waals surface area contributed by atoms with Crippen LogP contribution in [-0.4, -0.2) is 41.3 Å². The smallest absolute Gasteiger partial charge is 0.244 e. The van der Waals surface area contributed by atoms with Gasteiger partial charge in [-0.05, 0) is 29.0 Å². The van der Waals surface area contributed by atoms with E-state index in [-0.39, 0.29) is 17.3 Å². The summed E-state index contributed by atoms with van der Waals surface area (Å²) >= 11 is 0. The van der Waals surface area contributed by atoms with Crippen LogP contribution in [0.2, 0.25) is 0 Å². The van der Waals surface area contributed by atoms with Crippen molar-refractivity contribution in [1.29, 1.82) is 0 Å². The van der Waals surface area contributed by atoms with Gasteiger partial charge in [0.2, 0.25) is 11.6 Å². The number of aliphatic hydroxyl groups is 1. The molecule has 116 valence electrons. The molecule has 2 heterocycles. The normalized spacial score (nSPS) is 11.6. The number of H-pyrrole nitrogens is 1. The first kappa shape index (κ1) is 14.4. The van der Waals surface area contributed by atoms with Gasteiger partial charge in [0.25, 0.3) is 0 Å². The maximum Gasteiger partial charge on any atom is 0.244 e. The zero-order valence-electron chi connectivity index (χ0n) is 11.9. The Labute approximate surface area is 130 Å². The summed E-state index contributed by atoms with van der Waals surface area (Å²) in [4.78, 5) is 11.8. The first-order chi connectivity index (χ1) is 11.1. The Balaban J connectivity index is 1.73. The highest BCUT2D eigenvalue weighted by atomic mass is 16.3. The van der Waals surface area contributed by atoms with Gasteiger partial charge in [0.05, 0.1) is 6.54 Å². The number of hydrogen-bond acceptors (Lipinski definition) is 7. The lowest BCUT2D eigenvalue weighted by molar-refractivity contribution is 0.103. The second kappa shape index (κ2) is 6.10. The van der Waals surface area contributed by atoms with Crippen LogP contribution in [0.25, 0.3) is 5.76 Å². The molecular formula is C14H13N7O2. The summed E-state index contributed by atoms with van der Waals surface area (Å²) in [6.45, 7) is 0.520. The average Bonchev–Trinajstić information content (AvgIpc) is 3.21. The highest BCUT2D eigenvalue weighted by Crippen LogP contribution is 2.11. The number of hydrogen-bond donors (Lipinski definition) is 3. The molecule has 9 nitrogen and oxygen atoms in total. The zero-order valence-corrected chi connectivity index (χ0v) is 11.9. The van der Waals surface area contributed by atoms with E-state index in [1.54, 1.807) is 29.1 Å². The number of ketones is 1. The number of allylic oxidation sites excluding steroid dienone is 1. The molecule has 1 aromatic carbocycles. The van der Waals surface area contributed by atoms with Crippen LogP contribution < -0.4 is 5.73 Å². The molecule has 3 rings (SSSR count). The summed E-state index contributed by atoms with van der Waals surface area (Å²) in [5.74, 6) is -0.960. The number of carbonyl (C=O) groups is 1. The predicted molar refractivity (Wildman–Crippen MR) is 81.3 cm³/mol. The van der Waals surface area contributed by atoms with E-state index >= 15 is 0 Å². The standard InChI is InChI=1S/C14H13N7O2/c15-10-3-1-9(2-4-10)8-21-6-5-11(18-21)12(22)7-13(23)14-16-19-20-17-14/h1-7,22H,8,15H2,(H,16,17,19,20). The Morgan fingerprint density at radius 1 is 1.30 bits per heavy atom. The molecule has 0 spiro atoms. The van der Waals surface area contributed by atoms with Crippen LogP contribution in [0.15, 0.2) is 42.6 Å². The number of aliphatic hydroxyl groups excluding tert-OH is 1. The average molecular weight is 311 g/mol. The fourth-order valence-corrected chi connectivity index (χ4v) is 1.93. The molecule has 0 saturated carbocycles. The lowest BCUT2D eigenvalue weighted by Gasteiger charge is -2.02. The number of anilines is 1. The van der Waals surface area contributed by atoms with Gasteiger partial charge in [-0.2, -0.15) is 10.3 Å². The molecule has 0 saturated heterocycles. The quantitative estimate of drug-likeness (QED) is 0.274. The van der Waals surface area contributed by atoms with Crippen LogP contribution in [0, 0.1) is 0 Å². The summed E-state index contributed by atoms with van der Waals surface area (Å²) in [7, 11) is 0. The Hall–Kier alpha value is -3.49. The summed E-state index contributed by atoms with van der Waals surface area (Å²) in [6, 6.07) is 9.01. The molecule has 0 unspecified atom stereocenters. The van der Waals surface area contributed by atoms with E-state index in [4.69, 9.17) is 5.73 Å². The first-order valence-corrected chi connectivity index (χ1v) is 6.68. The lowest BCUT2D eigenvalue weighted by atomic mass is 10.2. The minimum absolute atomic E-state index is 0.127. The van der Waals surface area contributed by atoms with Crippen LogP contribution in [0.1, 0.15) is 21.9 Å². The molecule has 23 heavy (non-hydrogen) atoms. The van der Waals surface area contributed by atoms with Crippen LogP contribution in [-0.2, 0) is 6.54 Å².